The van der Waals surface area contributed by atoms with Gasteiger partial charge in [0.25, 0.3) is 5.91 Å². The number of hydrogen-bond acceptors (Lipinski definition) is 3. The topological polar surface area (TPSA) is 82.3 Å². The number of benzene rings is 1. The van der Waals surface area contributed by atoms with Crippen LogP contribution < -0.4 is 5.73 Å². The Bertz CT molecular complexity index is 641. The summed E-state index contributed by atoms with van der Waals surface area (Å²) < 4.78 is 0. The van der Waals surface area contributed by atoms with Gasteiger partial charge in [-0.3, -0.25) is 4.79 Å². The molecular formula is C14H17N3O2. The first kappa shape index (κ1) is 12.0. The molecule has 1 aliphatic heterocycles. The number of β-amino-alcohol motifs (C(OH)–C–C–N with tert-alkyl or cyclic N) is 1. The van der Waals surface area contributed by atoms with Crippen LogP contribution >= 0.6 is 0 Å². The Hall–Kier alpha value is -2.01. The van der Waals surface area contributed by atoms with Gasteiger partial charge in [0.1, 0.15) is 0 Å². The maximum absolute atomic E-state index is 12.4. The Labute approximate surface area is 111 Å². The van der Waals surface area contributed by atoms with E-state index >= 15 is 0 Å². The summed E-state index contributed by atoms with van der Waals surface area (Å²) in [4.78, 5) is 17.1. The molecule has 1 amide bonds. The van der Waals surface area contributed by atoms with Crippen molar-refractivity contribution in [2.24, 2.45) is 0 Å². The van der Waals surface area contributed by atoms with Gasteiger partial charge in [-0.2, -0.15) is 0 Å². The second-order valence-electron chi connectivity index (χ2n) is 5.25. The zero-order chi connectivity index (χ0) is 13.6. The molecule has 2 heterocycles. The molecular weight excluding hydrogens is 242 g/mol. The number of anilines is 1. The van der Waals surface area contributed by atoms with Gasteiger partial charge >= 0.3 is 0 Å². The number of hydrogen-bond donors (Lipinski definition) is 3. The quantitative estimate of drug-likeness (QED) is 0.712. The zero-order valence-corrected chi connectivity index (χ0v) is 10.8. The molecule has 2 aromatic rings. The highest BCUT2D eigenvalue weighted by Crippen LogP contribution is 2.28. The molecule has 0 bridgehead atoms. The van der Waals surface area contributed by atoms with Crippen molar-refractivity contribution in [3.05, 3.63) is 30.0 Å². The number of nitrogens with one attached hydrogen (secondary N) is 1. The van der Waals surface area contributed by atoms with Gasteiger partial charge in [0.15, 0.2) is 0 Å². The van der Waals surface area contributed by atoms with Crippen molar-refractivity contribution in [1.29, 1.82) is 0 Å². The van der Waals surface area contributed by atoms with Crippen LogP contribution in [0, 0.1) is 0 Å². The number of likely N-dealkylation sites (tertiary alicyclic amines) is 1. The molecule has 19 heavy (non-hydrogen) atoms. The summed E-state index contributed by atoms with van der Waals surface area (Å²) in [6, 6.07) is 5.46. The van der Waals surface area contributed by atoms with Crippen LogP contribution in [-0.4, -0.2) is 39.6 Å². The molecule has 100 valence electrons. The summed E-state index contributed by atoms with van der Waals surface area (Å²) >= 11 is 0. The molecule has 4 N–H and O–H groups in total. The predicted molar refractivity (Wildman–Crippen MR) is 73.9 cm³/mol. The Morgan fingerprint density at radius 1 is 1.53 bits per heavy atom. The fourth-order valence-corrected chi connectivity index (χ4v) is 2.52. The van der Waals surface area contributed by atoms with Gasteiger partial charge < -0.3 is 20.7 Å². The molecule has 1 aromatic carbocycles. The number of rotatable bonds is 2. The van der Waals surface area contributed by atoms with Crippen LogP contribution in [0.1, 0.15) is 23.7 Å². The van der Waals surface area contributed by atoms with Crippen molar-refractivity contribution >= 4 is 22.5 Å². The second-order valence-corrected chi connectivity index (χ2v) is 5.25. The molecule has 1 fully saturated rings. The summed E-state index contributed by atoms with van der Waals surface area (Å²) in [5.41, 5.74) is 7.19. The molecule has 0 atom stereocenters. The minimum atomic E-state index is -0.708. The number of carbonyl (C=O) groups excluding carboxylic acids is 1. The standard InChI is InChI=1S/C14H17N3O2/c1-2-14(19)7-17(8-14)13(18)11-6-16-12-4-3-9(15)5-10(11)12/h3-6,16,19H,2,7-8,15H2,1H3. The van der Waals surface area contributed by atoms with Crippen LogP contribution in [0.5, 0.6) is 0 Å². The van der Waals surface area contributed by atoms with E-state index in [1.165, 1.54) is 0 Å². The van der Waals surface area contributed by atoms with Gasteiger partial charge in [0, 0.05) is 22.8 Å². The summed E-state index contributed by atoms with van der Waals surface area (Å²) in [5, 5.41) is 10.8. The lowest BCUT2D eigenvalue weighted by Crippen LogP contribution is -2.63. The summed E-state index contributed by atoms with van der Waals surface area (Å²) in [5.74, 6) is -0.0602. The van der Waals surface area contributed by atoms with Crippen molar-refractivity contribution in [1.82, 2.24) is 9.88 Å². The number of nitrogen functional groups attached to an aromatic ring is 1. The number of H-pyrrole nitrogens is 1. The Morgan fingerprint density at radius 3 is 2.95 bits per heavy atom. The minimum Gasteiger partial charge on any atom is -0.399 e. The average Bonchev–Trinajstić information content (AvgIpc) is 2.77. The summed E-state index contributed by atoms with van der Waals surface area (Å²) in [7, 11) is 0. The first-order valence-corrected chi connectivity index (χ1v) is 6.41. The monoisotopic (exact) mass is 259 g/mol. The number of aliphatic hydroxyl groups is 1. The number of carbonyl (C=O) groups is 1. The third-order valence-electron chi connectivity index (χ3n) is 3.85. The van der Waals surface area contributed by atoms with Crippen LogP contribution in [0.4, 0.5) is 5.69 Å². The van der Waals surface area contributed by atoms with E-state index < -0.39 is 5.60 Å². The van der Waals surface area contributed by atoms with E-state index in [4.69, 9.17) is 5.73 Å². The molecule has 0 saturated carbocycles. The number of aromatic amines is 1. The molecule has 0 spiro atoms. The predicted octanol–water partition coefficient (Wildman–Crippen LogP) is 1.35. The van der Waals surface area contributed by atoms with E-state index in [0.29, 0.717) is 30.8 Å². The minimum absolute atomic E-state index is 0.0602. The molecule has 1 aromatic heterocycles. The van der Waals surface area contributed by atoms with Crippen molar-refractivity contribution in [3.63, 3.8) is 0 Å². The van der Waals surface area contributed by atoms with Crippen LogP contribution in [0.25, 0.3) is 10.9 Å². The molecule has 0 radical (unpaired) electrons. The highest BCUT2D eigenvalue weighted by atomic mass is 16.3. The third kappa shape index (κ3) is 1.86. The molecule has 1 saturated heterocycles. The average molecular weight is 259 g/mol. The fourth-order valence-electron chi connectivity index (χ4n) is 2.52. The van der Waals surface area contributed by atoms with Gasteiger partial charge in [-0.25, -0.2) is 0 Å². The highest BCUT2D eigenvalue weighted by Gasteiger charge is 2.42. The second kappa shape index (κ2) is 3.99. The number of nitrogens with two attached hydrogens (primary N) is 1. The molecule has 3 rings (SSSR count). The number of nitrogens with zero attached hydrogens (tertiary/aromatic N) is 1. The fraction of sp³-hybridized carbons (Fsp3) is 0.357. The maximum atomic E-state index is 12.4. The number of aromatic nitrogens is 1. The Balaban J connectivity index is 1.89. The van der Waals surface area contributed by atoms with E-state index in [2.05, 4.69) is 4.98 Å². The lowest BCUT2D eigenvalue weighted by Gasteiger charge is -2.46. The highest BCUT2D eigenvalue weighted by molar-refractivity contribution is 6.07. The van der Waals surface area contributed by atoms with Gasteiger partial charge in [0.05, 0.1) is 24.3 Å². The first-order chi connectivity index (χ1) is 9.02. The Morgan fingerprint density at radius 2 is 2.26 bits per heavy atom. The molecule has 0 aliphatic carbocycles. The van der Waals surface area contributed by atoms with Gasteiger partial charge in [-0.1, -0.05) is 6.92 Å². The first-order valence-electron chi connectivity index (χ1n) is 6.41. The lowest BCUT2D eigenvalue weighted by atomic mass is 9.90. The van der Waals surface area contributed by atoms with Gasteiger partial charge in [-0.05, 0) is 24.6 Å². The molecule has 5 heteroatoms. The largest absolute Gasteiger partial charge is 0.399 e. The van der Waals surface area contributed by atoms with E-state index in [9.17, 15) is 9.90 Å². The van der Waals surface area contributed by atoms with E-state index in [-0.39, 0.29) is 5.91 Å². The van der Waals surface area contributed by atoms with E-state index in [1.807, 2.05) is 13.0 Å². The third-order valence-corrected chi connectivity index (χ3v) is 3.85. The van der Waals surface area contributed by atoms with Gasteiger partial charge in [0.2, 0.25) is 0 Å². The lowest BCUT2D eigenvalue weighted by molar-refractivity contribution is -0.0825. The normalized spacial score (nSPS) is 17.5. The van der Waals surface area contributed by atoms with Crippen LogP contribution in [0.3, 0.4) is 0 Å². The molecule has 0 unspecified atom stereocenters. The zero-order valence-electron chi connectivity index (χ0n) is 10.8. The van der Waals surface area contributed by atoms with Crippen LogP contribution in [0.15, 0.2) is 24.4 Å². The van der Waals surface area contributed by atoms with Crippen molar-refractivity contribution in [3.8, 4) is 0 Å². The van der Waals surface area contributed by atoms with E-state index in [0.717, 1.165) is 10.9 Å². The SMILES string of the molecule is CCC1(O)CN(C(=O)c2c[nH]c3ccc(N)cc23)C1. The van der Waals surface area contributed by atoms with Crippen molar-refractivity contribution in [2.45, 2.75) is 18.9 Å². The van der Waals surface area contributed by atoms with Crippen LogP contribution in [0.2, 0.25) is 0 Å². The number of amides is 1. The van der Waals surface area contributed by atoms with E-state index in [1.54, 1.807) is 23.2 Å². The summed E-state index contributed by atoms with van der Waals surface area (Å²) in [6.45, 7) is 2.73. The maximum Gasteiger partial charge on any atom is 0.256 e. The van der Waals surface area contributed by atoms with Crippen molar-refractivity contribution in [2.75, 3.05) is 18.8 Å². The van der Waals surface area contributed by atoms with Crippen molar-refractivity contribution < 1.29 is 9.90 Å². The summed E-state index contributed by atoms with van der Waals surface area (Å²) in [6.07, 6.45) is 2.37. The van der Waals surface area contributed by atoms with Gasteiger partial charge in [-0.15, -0.1) is 0 Å². The molecule has 5 nitrogen and oxygen atoms in total. The smallest absolute Gasteiger partial charge is 0.256 e. The Kier molecular flexibility index (Phi) is 2.53. The van der Waals surface area contributed by atoms with Crippen LogP contribution in [-0.2, 0) is 0 Å². The number of fused-ring (bicyclic) bond motifs is 1. The molecule has 1 aliphatic rings.